The Morgan fingerprint density at radius 2 is 0.989 bits per heavy atom. The molecule has 0 aliphatic heterocycles. The molecule has 2 aliphatic rings. The van der Waals surface area contributed by atoms with Crippen molar-refractivity contribution >= 4 is 56.7 Å². The van der Waals surface area contributed by atoms with Crippen molar-refractivity contribution < 1.29 is 66.5 Å². The molecule has 87 heavy (non-hydrogen) atoms. The van der Waals surface area contributed by atoms with E-state index in [1.807, 2.05) is 32.0 Å². The Hall–Kier alpha value is -10.2. The van der Waals surface area contributed by atoms with Gasteiger partial charge in [-0.25, -0.2) is 13.6 Å². The number of pyridine rings is 2. The molecule has 20 heteroatoms. The van der Waals surface area contributed by atoms with Crippen LogP contribution in [0.15, 0.2) is 156 Å². The number of aryl methyl sites for hydroxylation is 1. The van der Waals surface area contributed by atoms with Crippen LogP contribution in [0.2, 0.25) is 0 Å². The van der Waals surface area contributed by atoms with Crippen LogP contribution >= 0.6 is 0 Å². The van der Waals surface area contributed by atoms with Crippen LogP contribution in [0.1, 0.15) is 91.8 Å². The number of aromatic nitrogens is 4. The summed E-state index contributed by atoms with van der Waals surface area (Å²) >= 11 is 0. The molecule has 3 aromatic heterocycles. The minimum Gasteiger partial charge on any atom is -0.496 e. The van der Waals surface area contributed by atoms with E-state index in [-0.39, 0.29) is 85.0 Å². The fourth-order valence-electron chi connectivity index (χ4n) is 9.63. The van der Waals surface area contributed by atoms with Gasteiger partial charge in [-0.1, -0.05) is 80.1 Å². The second-order valence-corrected chi connectivity index (χ2v) is 20.7. The van der Waals surface area contributed by atoms with Crippen LogP contribution in [0.5, 0.6) is 34.5 Å². The standard InChI is InChI=1S/C33H28FN3O5.C30H24FNO6.C3H8N2O.CH4/c1-3-31-36-32(42-37-31)25-18-24-26(19-28(25)40-2)35-15-12-27(24)41-23-10-6-21(7-11-23)17-30(39)33(13-14-33)29(38)16-20-4-8-22(34)9-5-20;1-37-26-17-24-22(16-23(26)29(35)36)25(10-13-32-24)38-21-8-4-19(5-9-21)15-28(34)30(11-12-30)27(33)14-18-2-6-20(31)7-3-18;1-2-3(4)5-6;/h4-12,15,18-19H,3,13-14,16-17H2,1-2H3;2-10,13,16-17H,11-12,14-15H2,1H3,(H,35,36);6H,2H2,1H3,(H2,4,5);1H4. The summed E-state index contributed by atoms with van der Waals surface area (Å²) in [6, 6.07) is 35.9. The number of amidine groups is 1. The predicted molar refractivity (Wildman–Crippen MR) is 321 cm³/mol. The van der Waals surface area contributed by atoms with Crippen molar-refractivity contribution in [3.8, 4) is 46.0 Å². The van der Waals surface area contributed by atoms with Gasteiger partial charge in [0.15, 0.2) is 29.0 Å². The molecule has 2 saturated carbocycles. The lowest BCUT2D eigenvalue weighted by Gasteiger charge is -2.14. The number of benzene rings is 6. The van der Waals surface area contributed by atoms with Crippen molar-refractivity contribution in [1.82, 2.24) is 20.1 Å². The van der Waals surface area contributed by atoms with Crippen molar-refractivity contribution in [2.24, 2.45) is 21.7 Å². The third kappa shape index (κ3) is 14.8. The van der Waals surface area contributed by atoms with Crippen LogP contribution in [0.3, 0.4) is 0 Å². The van der Waals surface area contributed by atoms with Gasteiger partial charge in [0.2, 0.25) is 0 Å². The van der Waals surface area contributed by atoms with Crippen LogP contribution in [0, 0.1) is 22.5 Å². The molecule has 0 bridgehead atoms. The largest absolute Gasteiger partial charge is 0.496 e. The second-order valence-electron chi connectivity index (χ2n) is 20.7. The lowest BCUT2D eigenvalue weighted by atomic mass is 9.88. The van der Waals surface area contributed by atoms with Gasteiger partial charge in [0.05, 0.1) is 41.6 Å². The van der Waals surface area contributed by atoms with Crippen molar-refractivity contribution in [3.05, 3.63) is 191 Å². The maximum absolute atomic E-state index is 13.2. The Labute approximate surface area is 500 Å². The van der Waals surface area contributed by atoms with Gasteiger partial charge < -0.3 is 39.5 Å². The Morgan fingerprint density at radius 3 is 1.33 bits per heavy atom. The number of fused-ring (bicyclic) bond motifs is 2. The predicted octanol–water partition coefficient (Wildman–Crippen LogP) is 12.8. The van der Waals surface area contributed by atoms with Gasteiger partial charge >= 0.3 is 5.97 Å². The first-order valence-corrected chi connectivity index (χ1v) is 27.6. The van der Waals surface area contributed by atoms with Crippen LogP contribution in [0.4, 0.5) is 8.78 Å². The van der Waals surface area contributed by atoms with Gasteiger partial charge in [-0.3, -0.25) is 29.1 Å². The summed E-state index contributed by atoms with van der Waals surface area (Å²) in [5.74, 6) is 1.76. The molecular formula is C67H64F2N6O12. The summed E-state index contributed by atoms with van der Waals surface area (Å²) < 4.78 is 54.8. The molecule has 18 nitrogen and oxygen atoms in total. The monoisotopic (exact) mass is 1180 g/mol. The molecule has 6 aromatic carbocycles. The average molecular weight is 1180 g/mol. The number of oxime groups is 1. The minimum atomic E-state index is -1.13. The fraction of sp³-hybridized carbons (Fsp3) is 0.254. The Bertz CT molecular complexity index is 4000. The number of hydrogen-bond acceptors (Lipinski definition) is 16. The van der Waals surface area contributed by atoms with E-state index in [4.69, 9.17) is 34.4 Å². The Balaban J connectivity index is 0.000000205. The molecule has 11 rings (SSSR count). The van der Waals surface area contributed by atoms with Gasteiger partial charge in [0, 0.05) is 73.8 Å². The topological polar surface area (TPSA) is 266 Å². The molecule has 0 unspecified atom stereocenters. The van der Waals surface area contributed by atoms with Gasteiger partial charge in [-0.05, 0) is 121 Å². The number of nitrogens with zero attached hydrogens (tertiary/aromatic N) is 5. The maximum Gasteiger partial charge on any atom is 0.339 e. The molecule has 0 atom stereocenters. The number of carbonyl (C=O) groups is 5. The van der Waals surface area contributed by atoms with Crippen molar-refractivity contribution in [1.29, 1.82) is 0 Å². The SMILES string of the molecule is C.CC/C(N)=N/O.CCc1noc(-c2cc3c(Oc4ccc(CC(=O)C5(C(=O)Cc6ccc(F)cc6)CC5)cc4)ccnc3cc2OC)n1.COc1cc2nccc(Oc3ccc(CC(=O)C4(C(=O)Cc5ccc(F)cc5)CC4)cc3)c2cc1C(=O)O. The average Bonchev–Trinajstić information content (AvgIpc) is 3.62. The zero-order chi connectivity index (χ0) is 61.1. The van der Waals surface area contributed by atoms with E-state index in [1.54, 1.807) is 104 Å². The third-order valence-corrected chi connectivity index (χ3v) is 15.0. The van der Waals surface area contributed by atoms with E-state index in [9.17, 15) is 37.9 Å². The minimum absolute atomic E-state index is 0. The number of halogens is 2. The molecule has 2 fully saturated rings. The van der Waals surface area contributed by atoms with Crippen molar-refractivity contribution in [2.45, 2.75) is 85.5 Å². The molecule has 0 spiro atoms. The number of carboxylic acids is 1. The van der Waals surface area contributed by atoms with Gasteiger partial charge in [-0.15, -0.1) is 0 Å². The highest BCUT2D eigenvalue weighted by molar-refractivity contribution is 6.12. The number of hydrogen-bond donors (Lipinski definition) is 3. The van der Waals surface area contributed by atoms with E-state index in [0.717, 1.165) is 16.5 Å². The highest BCUT2D eigenvalue weighted by Gasteiger charge is 2.55. The summed E-state index contributed by atoms with van der Waals surface area (Å²) in [5.41, 5.74) is 7.84. The van der Waals surface area contributed by atoms with E-state index >= 15 is 0 Å². The van der Waals surface area contributed by atoms with Gasteiger partial charge in [0.1, 0.15) is 57.5 Å². The highest BCUT2D eigenvalue weighted by Crippen LogP contribution is 2.50. The molecule has 0 amide bonds. The number of ether oxygens (including phenoxy) is 4. The zero-order valence-corrected chi connectivity index (χ0v) is 47.5. The molecule has 3 heterocycles. The number of ketones is 4. The number of nitrogens with two attached hydrogens (primary N) is 1. The number of Topliss-reactive ketones (excluding diaryl/α,β-unsaturated/α-hetero) is 4. The van der Waals surface area contributed by atoms with Crippen LogP contribution < -0.4 is 24.7 Å². The van der Waals surface area contributed by atoms with Crippen LogP contribution in [-0.4, -0.2) is 79.6 Å². The zero-order valence-electron chi connectivity index (χ0n) is 47.5. The first-order chi connectivity index (χ1) is 41.5. The van der Waals surface area contributed by atoms with E-state index in [0.29, 0.717) is 112 Å². The van der Waals surface area contributed by atoms with E-state index in [1.165, 1.54) is 37.4 Å². The van der Waals surface area contributed by atoms with E-state index < -0.39 is 16.8 Å². The third-order valence-electron chi connectivity index (χ3n) is 15.0. The highest BCUT2D eigenvalue weighted by atomic mass is 19.1. The summed E-state index contributed by atoms with van der Waals surface area (Å²) in [4.78, 5) is 76.9. The number of aromatic carboxylic acids is 1. The molecule has 448 valence electrons. The lowest BCUT2D eigenvalue weighted by molar-refractivity contribution is -0.135. The van der Waals surface area contributed by atoms with Crippen molar-refractivity contribution in [2.75, 3.05) is 14.2 Å². The molecule has 0 radical (unpaired) electrons. The van der Waals surface area contributed by atoms with Gasteiger partial charge in [-0.2, -0.15) is 4.98 Å². The number of carboxylic acid groups (broad SMARTS) is 1. The van der Waals surface area contributed by atoms with Crippen LogP contribution in [-0.2, 0) is 51.3 Å². The maximum atomic E-state index is 13.2. The Kier molecular flexibility index (Phi) is 20.0. The first kappa shape index (κ1) is 62.8. The lowest BCUT2D eigenvalue weighted by Crippen LogP contribution is -2.28. The Morgan fingerprint density at radius 1 is 0.586 bits per heavy atom. The summed E-state index contributed by atoms with van der Waals surface area (Å²) in [6.45, 7) is 3.76. The molecule has 4 N–H and O–H groups in total. The number of methoxy groups -OCH3 is 2. The number of carbonyl (C=O) groups excluding carboxylic acids is 4. The fourth-order valence-corrected chi connectivity index (χ4v) is 9.63. The normalized spacial score (nSPS) is 13.3. The van der Waals surface area contributed by atoms with Crippen molar-refractivity contribution in [3.63, 3.8) is 0 Å². The first-order valence-electron chi connectivity index (χ1n) is 27.6. The van der Waals surface area contributed by atoms with Gasteiger partial charge in [0.25, 0.3) is 5.89 Å². The molecule has 2 aliphatic carbocycles. The summed E-state index contributed by atoms with van der Waals surface area (Å²) in [7, 11) is 2.97. The summed E-state index contributed by atoms with van der Waals surface area (Å²) in [5, 5.41) is 25.3. The van der Waals surface area contributed by atoms with E-state index in [2.05, 4.69) is 25.3 Å². The summed E-state index contributed by atoms with van der Waals surface area (Å²) in [6.07, 6.45) is 7.14. The quantitative estimate of drug-likeness (QED) is 0.0187. The number of rotatable bonds is 22. The second kappa shape index (κ2) is 27.6. The van der Waals surface area contributed by atoms with Crippen LogP contribution in [0.25, 0.3) is 33.3 Å². The molecule has 0 saturated heterocycles. The molecular weight excluding hydrogens is 1120 g/mol. The molecule has 9 aromatic rings. The smallest absolute Gasteiger partial charge is 0.339 e.